The third kappa shape index (κ3) is 3.11. The molecule has 1 heterocycles. The Morgan fingerprint density at radius 1 is 1.14 bits per heavy atom. The highest BCUT2D eigenvalue weighted by atomic mass is 16.5. The van der Waals surface area contributed by atoms with Crippen LogP contribution < -0.4 is 10.1 Å². The second-order valence-corrected chi connectivity index (χ2v) is 5.33. The summed E-state index contributed by atoms with van der Waals surface area (Å²) >= 11 is 0. The number of aromatic amines is 1. The Morgan fingerprint density at radius 2 is 1.91 bits per heavy atom. The minimum absolute atomic E-state index is 0.0308. The Morgan fingerprint density at radius 3 is 2.64 bits per heavy atom. The highest BCUT2D eigenvalue weighted by molar-refractivity contribution is 5.93. The number of carbonyl (C=O) groups excluding carboxylic acids is 1. The molecule has 0 radical (unpaired) electrons. The van der Waals surface area contributed by atoms with E-state index in [1.807, 2.05) is 49.4 Å². The molecule has 0 unspecified atom stereocenters. The Kier molecular flexibility index (Phi) is 3.83. The Balaban J connectivity index is 1.69. The average Bonchev–Trinajstić information content (AvgIpc) is 2.87. The van der Waals surface area contributed by atoms with Gasteiger partial charge in [0.1, 0.15) is 5.75 Å². The van der Waals surface area contributed by atoms with E-state index in [2.05, 4.69) is 16.4 Å². The molecule has 0 saturated heterocycles. The molecule has 0 bridgehead atoms. The molecule has 112 valence electrons. The minimum Gasteiger partial charge on any atom is -0.497 e. The van der Waals surface area contributed by atoms with Crippen LogP contribution in [0.2, 0.25) is 0 Å². The lowest BCUT2D eigenvalue weighted by Crippen LogP contribution is -2.14. The lowest BCUT2D eigenvalue weighted by Gasteiger charge is -2.06. The third-order valence-electron chi connectivity index (χ3n) is 3.56. The molecule has 0 aliphatic carbocycles. The monoisotopic (exact) mass is 294 g/mol. The van der Waals surface area contributed by atoms with Crippen molar-refractivity contribution >= 4 is 22.5 Å². The molecule has 4 nitrogen and oxygen atoms in total. The van der Waals surface area contributed by atoms with Crippen molar-refractivity contribution in [3.8, 4) is 5.75 Å². The van der Waals surface area contributed by atoms with Crippen LogP contribution in [0.25, 0.3) is 10.9 Å². The van der Waals surface area contributed by atoms with Crippen LogP contribution in [0.15, 0.2) is 48.5 Å². The normalized spacial score (nSPS) is 10.6. The Labute approximate surface area is 129 Å². The number of fused-ring (bicyclic) bond motifs is 1. The number of amides is 1. The van der Waals surface area contributed by atoms with Gasteiger partial charge in [0.2, 0.25) is 5.91 Å². The van der Waals surface area contributed by atoms with Gasteiger partial charge in [0.05, 0.1) is 13.5 Å². The molecule has 0 aliphatic heterocycles. The van der Waals surface area contributed by atoms with E-state index in [-0.39, 0.29) is 5.91 Å². The molecular weight excluding hydrogens is 276 g/mol. The minimum atomic E-state index is -0.0308. The Bertz CT molecular complexity index is 804. The second-order valence-electron chi connectivity index (χ2n) is 5.33. The third-order valence-corrected chi connectivity index (χ3v) is 3.56. The van der Waals surface area contributed by atoms with Crippen LogP contribution in [-0.2, 0) is 11.2 Å². The van der Waals surface area contributed by atoms with Crippen molar-refractivity contribution in [2.75, 3.05) is 12.4 Å². The molecule has 0 spiro atoms. The van der Waals surface area contributed by atoms with E-state index < -0.39 is 0 Å². The first-order chi connectivity index (χ1) is 10.6. The summed E-state index contributed by atoms with van der Waals surface area (Å²) in [5.41, 5.74) is 3.98. The highest BCUT2D eigenvalue weighted by Crippen LogP contribution is 2.18. The number of anilines is 1. The van der Waals surface area contributed by atoms with E-state index in [1.165, 1.54) is 0 Å². The summed E-state index contributed by atoms with van der Waals surface area (Å²) in [5, 5.41) is 4.02. The van der Waals surface area contributed by atoms with E-state index in [0.717, 1.165) is 33.6 Å². The molecule has 0 fully saturated rings. The molecule has 1 aromatic heterocycles. The van der Waals surface area contributed by atoms with Gasteiger partial charge in [0, 0.05) is 16.9 Å². The van der Waals surface area contributed by atoms with Crippen LogP contribution in [0, 0.1) is 6.92 Å². The highest BCUT2D eigenvalue weighted by Gasteiger charge is 2.06. The fourth-order valence-corrected chi connectivity index (χ4v) is 2.50. The first kappa shape index (κ1) is 14.2. The number of methoxy groups -OCH3 is 1. The number of benzene rings is 2. The van der Waals surface area contributed by atoms with Crippen molar-refractivity contribution in [3.63, 3.8) is 0 Å². The van der Waals surface area contributed by atoms with Gasteiger partial charge >= 0.3 is 0 Å². The topological polar surface area (TPSA) is 54.1 Å². The van der Waals surface area contributed by atoms with Crippen LogP contribution >= 0.6 is 0 Å². The number of hydrogen-bond donors (Lipinski definition) is 2. The van der Waals surface area contributed by atoms with Crippen molar-refractivity contribution in [1.82, 2.24) is 4.98 Å². The Hall–Kier alpha value is -2.75. The summed E-state index contributed by atoms with van der Waals surface area (Å²) in [6.07, 6.45) is 0.353. The van der Waals surface area contributed by atoms with Gasteiger partial charge in [-0.1, -0.05) is 6.07 Å². The predicted octanol–water partition coefficient (Wildman–Crippen LogP) is 3.67. The summed E-state index contributed by atoms with van der Waals surface area (Å²) < 4.78 is 5.10. The standard InChI is InChI=1S/C18H18N2O2/c1-12-9-14-10-13(3-8-17(14)19-12)11-18(21)20-15-4-6-16(22-2)7-5-15/h3-10,19H,11H2,1-2H3,(H,20,21). The second kappa shape index (κ2) is 5.93. The SMILES string of the molecule is COc1ccc(NC(=O)Cc2ccc3[nH]c(C)cc3c2)cc1. The van der Waals surface area contributed by atoms with E-state index >= 15 is 0 Å². The summed E-state index contributed by atoms with van der Waals surface area (Å²) in [5.74, 6) is 0.739. The molecule has 0 aliphatic rings. The zero-order chi connectivity index (χ0) is 15.5. The van der Waals surface area contributed by atoms with Gasteiger partial charge in [-0.15, -0.1) is 0 Å². The van der Waals surface area contributed by atoms with Crippen molar-refractivity contribution < 1.29 is 9.53 Å². The largest absolute Gasteiger partial charge is 0.497 e. The number of rotatable bonds is 4. The number of aromatic nitrogens is 1. The molecule has 2 aromatic carbocycles. The van der Waals surface area contributed by atoms with Gasteiger partial charge in [-0.3, -0.25) is 4.79 Å². The van der Waals surface area contributed by atoms with E-state index in [9.17, 15) is 4.79 Å². The van der Waals surface area contributed by atoms with Gasteiger partial charge in [-0.05, 0) is 60.3 Å². The summed E-state index contributed by atoms with van der Waals surface area (Å²) in [4.78, 5) is 15.4. The summed E-state index contributed by atoms with van der Waals surface area (Å²) in [6, 6.07) is 15.4. The van der Waals surface area contributed by atoms with E-state index in [4.69, 9.17) is 4.74 Å². The summed E-state index contributed by atoms with van der Waals surface area (Å²) in [6.45, 7) is 2.02. The summed E-state index contributed by atoms with van der Waals surface area (Å²) in [7, 11) is 1.62. The smallest absolute Gasteiger partial charge is 0.228 e. The van der Waals surface area contributed by atoms with Crippen molar-refractivity contribution in [1.29, 1.82) is 0 Å². The maximum Gasteiger partial charge on any atom is 0.228 e. The fourth-order valence-electron chi connectivity index (χ4n) is 2.50. The zero-order valence-corrected chi connectivity index (χ0v) is 12.6. The lowest BCUT2D eigenvalue weighted by atomic mass is 10.1. The van der Waals surface area contributed by atoms with Gasteiger partial charge in [-0.25, -0.2) is 0 Å². The molecule has 3 rings (SSSR count). The molecule has 4 heteroatoms. The first-order valence-electron chi connectivity index (χ1n) is 7.16. The predicted molar refractivity (Wildman–Crippen MR) is 88.4 cm³/mol. The van der Waals surface area contributed by atoms with Crippen molar-refractivity contribution in [2.24, 2.45) is 0 Å². The fraction of sp³-hybridized carbons (Fsp3) is 0.167. The average molecular weight is 294 g/mol. The number of H-pyrrole nitrogens is 1. The molecule has 0 saturated carbocycles. The number of aryl methyl sites for hydroxylation is 1. The van der Waals surface area contributed by atoms with Crippen molar-refractivity contribution in [3.05, 3.63) is 59.8 Å². The van der Waals surface area contributed by atoms with Crippen LogP contribution in [0.5, 0.6) is 5.75 Å². The number of nitrogens with one attached hydrogen (secondary N) is 2. The molecule has 1 amide bonds. The molecule has 3 aromatic rings. The maximum atomic E-state index is 12.1. The van der Waals surface area contributed by atoms with E-state index in [1.54, 1.807) is 7.11 Å². The van der Waals surface area contributed by atoms with Crippen LogP contribution in [-0.4, -0.2) is 18.0 Å². The first-order valence-corrected chi connectivity index (χ1v) is 7.16. The van der Waals surface area contributed by atoms with Gasteiger partial charge in [0.15, 0.2) is 0 Å². The molecule has 2 N–H and O–H groups in total. The van der Waals surface area contributed by atoms with Crippen LogP contribution in [0.4, 0.5) is 5.69 Å². The van der Waals surface area contributed by atoms with Gasteiger partial charge < -0.3 is 15.0 Å². The maximum absolute atomic E-state index is 12.1. The number of carbonyl (C=O) groups is 1. The van der Waals surface area contributed by atoms with Crippen LogP contribution in [0.3, 0.4) is 0 Å². The van der Waals surface area contributed by atoms with Crippen LogP contribution in [0.1, 0.15) is 11.3 Å². The van der Waals surface area contributed by atoms with E-state index in [0.29, 0.717) is 6.42 Å². The number of ether oxygens (including phenoxy) is 1. The molecular formula is C18H18N2O2. The number of hydrogen-bond acceptors (Lipinski definition) is 2. The van der Waals surface area contributed by atoms with Gasteiger partial charge in [0.25, 0.3) is 0 Å². The molecule has 0 atom stereocenters. The zero-order valence-electron chi connectivity index (χ0n) is 12.6. The quantitative estimate of drug-likeness (QED) is 0.771. The molecule has 22 heavy (non-hydrogen) atoms. The van der Waals surface area contributed by atoms with Crippen molar-refractivity contribution in [2.45, 2.75) is 13.3 Å². The van der Waals surface area contributed by atoms with Gasteiger partial charge in [-0.2, -0.15) is 0 Å². The lowest BCUT2D eigenvalue weighted by molar-refractivity contribution is -0.115.